The second kappa shape index (κ2) is 6.05. The van der Waals surface area contributed by atoms with Crippen molar-refractivity contribution in [3.63, 3.8) is 0 Å². The molecule has 19 heavy (non-hydrogen) atoms. The van der Waals surface area contributed by atoms with Crippen LogP contribution < -0.4 is 10.6 Å². The standard InChI is InChI=1S/C12H13FN4O2/c1-8-15-12(19-17-8)7-14-6-11(18)16-10-4-2-9(13)3-5-10/h2-5,14H,6-7H2,1H3,(H,16,18). The number of amides is 1. The molecule has 0 aliphatic rings. The van der Waals surface area contributed by atoms with Gasteiger partial charge in [-0.15, -0.1) is 0 Å². The largest absolute Gasteiger partial charge is 0.338 e. The van der Waals surface area contributed by atoms with E-state index in [2.05, 4.69) is 20.8 Å². The van der Waals surface area contributed by atoms with Gasteiger partial charge in [0, 0.05) is 5.69 Å². The Bertz CT molecular complexity index is 553. The van der Waals surface area contributed by atoms with E-state index >= 15 is 0 Å². The summed E-state index contributed by atoms with van der Waals surface area (Å²) < 4.78 is 17.5. The summed E-state index contributed by atoms with van der Waals surface area (Å²) in [5.74, 6) is 0.394. The molecule has 2 N–H and O–H groups in total. The number of nitrogens with zero attached hydrogens (tertiary/aromatic N) is 2. The van der Waals surface area contributed by atoms with Gasteiger partial charge >= 0.3 is 0 Å². The third-order valence-electron chi connectivity index (χ3n) is 2.26. The summed E-state index contributed by atoms with van der Waals surface area (Å²) in [6.07, 6.45) is 0. The van der Waals surface area contributed by atoms with Crippen LogP contribution in [0.25, 0.3) is 0 Å². The van der Waals surface area contributed by atoms with E-state index in [0.29, 0.717) is 23.9 Å². The topological polar surface area (TPSA) is 80.0 Å². The van der Waals surface area contributed by atoms with Crippen LogP contribution in [0.4, 0.5) is 10.1 Å². The minimum Gasteiger partial charge on any atom is -0.338 e. The van der Waals surface area contributed by atoms with Crippen molar-refractivity contribution < 1.29 is 13.7 Å². The molecule has 0 unspecified atom stereocenters. The molecule has 0 saturated carbocycles. The van der Waals surface area contributed by atoms with Gasteiger partial charge in [-0.1, -0.05) is 5.16 Å². The van der Waals surface area contributed by atoms with Crippen LogP contribution in [-0.4, -0.2) is 22.6 Å². The Balaban J connectivity index is 1.74. The quantitative estimate of drug-likeness (QED) is 0.849. The first-order chi connectivity index (χ1) is 9.13. The molecule has 0 bridgehead atoms. The molecule has 0 aliphatic carbocycles. The lowest BCUT2D eigenvalue weighted by atomic mass is 10.3. The lowest BCUT2D eigenvalue weighted by Gasteiger charge is -2.05. The second-order valence-electron chi connectivity index (χ2n) is 3.89. The number of carbonyl (C=O) groups excluding carboxylic acids is 1. The number of benzene rings is 1. The van der Waals surface area contributed by atoms with Gasteiger partial charge in [0.1, 0.15) is 5.82 Å². The van der Waals surface area contributed by atoms with E-state index in [1.54, 1.807) is 6.92 Å². The van der Waals surface area contributed by atoms with Gasteiger partial charge in [0.25, 0.3) is 0 Å². The summed E-state index contributed by atoms with van der Waals surface area (Å²) in [5, 5.41) is 9.12. The van der Waals surface area contributed by atoms with Crippen molar-refractivity contribution in [3.05, 3.63) is 41.8 Å². The monoisotopic (exact) mass is 264 g/mol. The maximum Gasteiger partial charge on any atom is 0.240 e. The van der Waals surface area contributed by atoms with E-state index in [9.17, 15) is 9.18 Å². The van der Waals surface area contributed by atoms with Gasteiger partial charge in [0.15, 0.2) is 5.82 Å². The lowest BCUT2D eigenvalue weighted by molar-refractivity contribution is -0.115. The van der Waals surface area contributed by atoms with Crippen LogP contribution in [0.3, 0.4) is 0 Å². The number of halogens is 1. The predicted octanol–water partition coefficient (Wildman–Crippen LogP) is 1.25. The number of rotatable bonds is 5. The first-order valence-corrected chi connectivity index (χ1v) is 5.69. The zero-order valence-corrected chi connectivity index (χ0v) is 10.3. The van der Waals surface area contributed by atoms with Crippen molar-refractivity contribution in [2.75, 3.05) is 11.9 Å². The number of carbonyl (C=O) groups is 1. The molecule has 0 radical (unpaired) electrons. The molecule has 1 aromatic carbocycles. The highest BCUT2D eigenvalue weighted by Crippen LogP contribution is 2.07. The van der Waals surface area contributed by atoms with Gasteiger partial charge in [-0.05, 0) is 31.2 Å². The van der Waals surface area contributed by atoms with Crippen LogP contribution in [-0.2, 0) is 11.3 Å². The van der Waals surface area contributed by atoms with Crippen molar-refractivity contribution >= 4 is 11.6 Å². The Hall–Kier alpha value is -2.28. The summed E-state index contributed by atoms with van der Waals surface area (Å²) in [6, 6.07) is 5.55. The van der Waals surface area contributed by atoms with E-state index < -0.39 is 0 Å². The molecule has 0 saturated heterocycles. The highest BCUT2D eigenvalue weighted by Gasteiger charge is 2.05. The highest BCUT2D eigenvalue weighted by molar-refractivity contribution is 5.92. The van der Waals surface area contributed by atoms with Gasteiger partial charge < -0.3 is 9.84 Å². The first kappa shape index (κ1) is 13.2. The van der Waals surface area contributed by atoms with Crippen LogP contribution in [0.15, 0.2) is 28.8 Å². The zero-order valence-electron chi connectivity index (χ0n) is 10.3. The SMILES string of the molecule is Cc1noc(CNCC(=O)Nc2ccc(F)cc2)n1. The fourth-order valence-electron chi connectivity index (χ4n) is 1.43. The third-order valence-corrected chi connectivity index (χ3v) is 2.26. The summed E-state index contributed by atoms with van der Waals surface area (Å²) in [6.45, 7) is 2.13. The minimum atomic E-state index is -0.345. The Morgan fingerprint density at radius 3 is 2.74 bits per heavy atom. The summed E-state index contributed by atoms with van der Waals surface area (Å²) in [5.41, 5.74) is 0.543. The normalized spacial score (nSPS) is 10.4. The second-order valence-corrected chi connectivity index (χ2v) is 3.89. The number of anilines is 1. The van der Waals surface area contributed by atoms with Crippen LogP contribution in [0.2, 0.25) is 0 Å². The third kappa shape index (κ3) is 4.14. The van der Waals surface area contributed by atoms with Crippen LogP contribution in [0, 0.1) is 12.7 Å². The minimum absolute atomic E-state index is 0.0960. The molecule has 1 amide bonds. The fourth-order valence-corrected chi connectivity index (χ4v) is 1.43. The van der Waals surface area contributed by atoms with Crippen LogP contribution in [0.5, 0.6) is 0 Å². The summed E-state index contributed by atoms with van der Waals surface area (Å²) in [7, 11) is 0. The molecule has 0 aliphatic heterocycles. The number of hydrogen-bond acceptors (Lipinski definition) is 5. The van der Waals surface area contributed by atoms with Crippen LogP contribution >= 0.6 is 0 Å². The molecular weight excluding hydrogens is 251 g/mol. The predicted molar refractivity (Wildman–Crippen MR) is 65.8 cm³/mol. The van der Waals surface area contributed by atoms with E-state index in [1.807, 2.05) is 0 Å². The molecule has 0 fully saturated rings. The Morgan fingerprint density at radius 1 is 1.37 bits per heavy atom. The maximum absolute atomic E-state index is 12.7. The average molecular weight is 264 g/mol. The fraction of sp³-hybridized carbons (Fsp3) is 0.250. The molecule has 6 nitrogen and oxygen atoms in total. The van der Waals surface area contributed by atoms with Crippen molar-refractivity contribution in [1.29, 1.82) is 0 Å². The average Bonchev–Trinajstić information content (AvgIpc) is 2.78. The van der Waals surface area contributed by atoms with Gasteiger partial charge in [-0.3, -0.25) is 10.1 Å². The molecule has 2 rings (SSSR count). The van der Waals surface area contributed by atoms with Gasteiger partial charge in [-0.25, -0.2) is 4.39 Å². The summed E-state index contributed by atoms with van der Waals surface area (Å²) in [4.78, 5) is 15.5. The van der Waals surface area contributed by atoms with Gasteiger partial charge in [-0.2, -0.15) is 4.98 Å². The molecule has 7 heteroatoms. The maximum atomic E-state index is 12.7. The van der Waals surface area contributed by atoms with Crippen LogP contribution in [0.1, 0.15) is 11.7 Å². The zero-order chi connectivity index (χ0) is 13.7. The van der Waals surface area contributed by atoms with E-state index in [0.717, 1.165) is 0 Å². The molecule has 1 heterocycles. The molecule has 1 aromatic heterocycles. The molecule has 0 spiro atoms. The van der Waals surface area contributed by atoms with E-state index in [4.69, 9.17) is 4.52 Å². The first-order valence-electron chi connectivity index (χ1n) is 5.69. The smallest absolute Gasteiger partial charge is 0.240 e. The number of hydrogen-bond donors (Lipinski definition) is 2. The number of aromatic nitrogens is 2. The highest BCUT2D eigenvalue weighted by atomic mass is 19.1. The van der Waals surface area contributed by atoms with Gasteiger partial charge in [0.2, 0.25) is 11.8 Å². The van der Waals surface area contributed by atoms with E-state index in [1.165, 1.54) is 24.3 Å². The Labute approximate surface area is 109 Å². The lowest BCUT2D eigenvalue weighted by Crippen LogP contribution is -2.27. The molecule has 100 valence electrons. The van der Waals surface area contributed by atoms with E-state index in [-0.39, 0.29) is 18.3 Å². The van der Waals surface area contributed by atoms with Crippen molar-refractivity contribution in [2.45, 2.75) is 13.5 Å². The molecule has 2 aromatic rings. The summed E-state index contributed by atoms with van der Waals surface area (Å²) >= 11 is 0. The Kier molecular flexibility index (Phi) is 4.19. The molecular formula is C12H13FN4O2. The number of nitrogens with one attached hydrogen (secondary N) is 2. The Morgan fingerprint density at radius 2 is 2.11 bits per heavy atom. The molecule has 0 atom stereocenters. The number of aryl methyl sites for hydroxylation is 1. The van der Waals surface area contributed by atoms with Gasteiger partial charge in [0.05, 0.1) is 13.1 Å². The van der Waals surface area contributed by atoms with Crippen molar-refractivity contribution in [3.8, 4) is 0 Å². The van der Waals surface area contributed by atoms with Crippen molar-refractivity contribution in [2.24, 2.45) is 0 Å². The van der Waals surface area contributed by atoms with Crippen molar-refractivity contribution in [1.82, 2.24) is 15.5 Å².